The van der Waals surface area contributed by atoms with E-state index in [0.717, 1.165) is 12.8 Å². The highest BCUT2D eigenvalue weighted by Gasteiger charge is 2.39. The van der Waals surface area contributed by atoms with Gasteiger partial charge in [-0.15, -0.1) is 10.2 Å². The Bertz CT molecular complexity index is 982. The van der Waals surface area contributed by atoms with Gasteiger partial charge in [0.1, 0.15) is 4.90 Å². The standard InChI is InChI=1S/C15H13BrN4O4S/c16-13-6-5-12(23-13)15-19-18-14(24-15)9-20(10-3-4-10)25(21,22)11-2-1-7-17-8-11/h1-2,5-8,10H,3-4,9H2. The van der Waals surface area contributed by atoms with Crippen LogP contribution in [0.3, 0.4) is 0 Å². The molecule has 3 aromatic rings. The molecule has 0 bridgehead atoms. The lowest BCUT2D eigenvalue weighted by Gasteiger charge is -2.19. The number of hydrogen-bond acceptors (Lipinski definition) is 7. The Kier molecular flexibility index (Phi) is 4.18. The number of aromatic nitrogens is 3. The molecule has 4 rings (SSSR count). The third kappa shape index (κ3) is 3.37. The molecule has 8 nitrogen and oxygen atoms in total. The minimum Gasteiger partial charge on any atom is -0.444 e. The van der Waals surface area contributed by atoms with Gasteiger partial charge in [-0.25, -0.2) is 8.42 Å². The van der Waals surface area contributed by atoms with Crippen LogP contribution in [0.25, 0.3) is 11.7 Å². The van der Waals surface area contributed by atoms with E-state index >= 15 is 0 Å². The molecule has 0 unspecified atom stereocenters. The van der Waals surface area contributed by atoms with Crippen LogP contribution in [0, 0.1) is 0 Å². The molecular formula is C15H13BrN4O4S. The third-order valence-corrected chi connectivity index (χ3v) is 6.05. The molecule has 3 aromatic heterocycles. The van der Waals surface area contributed by atoms with E-state index < -0.39 is 10.0 Å². The van der Waals surface area contributed by atoms with Gasteiger partial charge in [-0.05, 0) is 53.0 Å². The van der Waals surface area contributed by atoms with Gasteiger partial charge < -0.3 is 8.83 Å². The van der Waals surface area contributed by atoms with E-state index in [9.17, 15) is 8.42 Å². The molecule has 0 atom stereocenters. The Hall–Kier alpha value is -2.04. The average molecular weight is 425 g/mol. The molecule has 0 N–H and O–H groups in total. The van der Waals surface area contributed by atoms with E-state index in [4.69, 9.17) is 8.83 Å². The summed E-state index contributed by atoms with van der Waals surface area (Å²) in [6.07, 6.45) is 4.49. The van der Waals surface area contributed by atoms with Crippen LogP contribution in [-0.2, 0) is 16.6 Å². The molecule has 1 saturated carbocycles. The predicted octanol–water partition coefficient (Wildman–Crippen LogP) is 2.84. The van der Waals surface area contributed by atoms with E-state index in [2.05, 4.69) is 31.1 Å². The van der Waals surface area contributed by atoms with E-state index in [0.29, 0.717) is 10.4 Å². The monoisotopic (exact) mass is 424 g/mol. The molecule has 3 heterocycles. The van der Waals surface area contributed by atoms with Gasteiger partial charge in [0.25, 0.3) is 5.89 Å². The van der Waals surface area contributed by atoms with Crippen LogP contribution in [0.2, 0.25) is 0 Å². The lowest BCUT2D eigenvalue weighted by atomic mass is 10.4. The van der Waals surface area contributed by atoms with E-state index in [-0.39, 0.29) is 29.3 Å². The fourth-order valence-electron chi connectivity index (χ4n) is 2.39. The topological polar surface area (TPSA) is 102 Å². The minimum atomic E-state index is -3.68. The van der Waals surface area contributed by atoms with E-state index in [1.54, 1.807) is 18.2 Å². The molecule has 0 aromatic carbocycles. The van der Waals surface area contributed by atoms with E-state index in [1.165, 1.54) is 22.8 Å². The second-order valence-electron chi connectivity index (χ2n) is 5.57. The largest absolute Gasteiger partial charge is 0.444 e. The summed E-state index contributed by atoms with van der Waals surface area (Å²) in [4.78, 5) is 4.04. The van der Waals surface area contributed by atoms with Gasteiger partial charge in [0.2, 0.25) is 15.9 Å². The highest BCUT2D eigenvalue weighted by Crippen LogP contribution is 2.33. The van der Waals surface area contributed by atoms with Crippen LogP contribution in [0.1, 0.15) is 18.7 Å². The van der Waals surface area contributed by atoms with Gasteiger partial charge >= 0.3 is 0 Å². The summed E-state index contributed by atoms with van der Waals surface area (Å²) in [7, 11) is -3.68. The molecule has 0 saturated heterocycles. The minimum absolute atomic E-state index is 0.0107. The van der Waals surface area contributed by atoms with Gasteiger partial charge in [-0.3, -0.25) is 4.98 Å². The summed E-state index contributed by atoms with van der Waals surface area (Å²) >= 11 is 3.21. The fraction of sp³-hybridized carbons (Fsp3) is 0.267. The van der Waals surface area contributed by atoms with Crippen molar-refractivity contribution in [1.82, 2.24) is 19.5 Å². The van der Waals surface area contributed by atoms with Crippen LogP contribution in [0.15, 0.2) is 55.1 Å². The zero-order valence-electron chi connectivity index (χ0n) is 12.9. The van der Waals surface area contributed by atoms with Crippen molar-refractivity contribution in [3.63, 3.8) is 0 Å². The summed E-state index contributed by atoms with van der Waals surface area (Å²) in [6.45, 7) is 0.0107. The molecule has 0 amide bonds. The predicted molar refractivity (Wildman–Crippen MR) is 89.7 cm³/mol. The first-order valence-corrected chi connectivity index (χ1v) is 9.77. The fourth-order valence-corrected chi connectivity index (χ4v) is 4.29. The first-order valence-electron chi connectivity index (χ1n) is 7.54. The Morgan fingerprint density at radius 3 is 2.68 bits per heavy atom. The normalized spacial score (nSPS) is 15.0. The molecule has 1 fully saturated rings. The van der Waals surface area contributed by atoms with Crippen LogP contribution in [-0.4, -0.2) is 33.9 Å². The van der Waals surface area contributed by atoms with Gasteiger partial charge in [0, 0.05) is 18.4 Å². The van der Waals surface area contributed by atoms with Crippen molar-refractivity contribution in [2.24, 2.45) is 0 Å². The Morgan fingerprint density at radius 1 is 1.20 bits per heavy atom. The van der Waals surface area contributed by atoms with Gasteiger partial charge in [0.05, 0.1) is 6.54 Å². The number of pyridine rings is 1. The second-order valence-corrected chi connectivity index (χ2v) is 8.25. The number of nitrogens with zero attached hydrogens (tertiary/aromatic N) is 4. The van der Waals surface area contributed by atoms with Gasteiger partial charge in [-0.1, -0.05) is 0 Å². The van der Waals surface area contributed by atoms with Crippen molar-refractivity contribution in [3.05, 3.63) is 47.2 Å². The van der Waals surface area contributed by atoms with Crippen LogP contribution >= 0.6 is 15.9 Å². The second kappa shape index (κ2) is 6.36. The number of rotatable bonds is 6. The first-order chi connectivity index (χ1) is 12.0. The molecule has 1 aliphatic rings. The summed E-state index contributed by atoms with van der Waals surface area (Å²) in [6, 6.07) is 6.46. The molecular weight excluding hydrogens is 412 g/mol. The van der Waals surface area contributed by atoms with Crippen LogP contribution in [0.5, 0.6) is 0 Å². The van der Waals surface area contributed by atoms with Gasteiger partial charge in [0.15, 0.2) is 10.4 Å². The Balaban J connectivity index is 1.60. The highest BCUT2D eigenvalue weighted by molar-refractivity contribution is 9.10. The molecule has 1 aliphatic carbocycles. The van der Waals surface area contributed by atoms with Crippen LogP contribution < -0.4 is 0 Å². The quantitative estimate of drug-likeness (QED) is 0.598. The summed E-state index contributed by atoms with van der Waals surface area (Å²) in [5, 5.41) is 7.87. The molecule has 130 valence electrons. The number of hydrogen-bond donors (Lipinski definition) is 0. The average Bonchev–Trinajstić information content (AvgIpc) is 3.17. The highest BCUT2D eigenvalue weighted by atomic mass is 79.9. The van der Waals surface area contributed by atoms with Crippen molar-refractivity contribution >= 4 is 26.0 Å². The molecule has 25 heavy (non-hydrogen) atoms. The Morgan fingerprint density at radius 2 is 2.04 bits per heavy atom. The molecule has 0 spiro atoms. The maximum Gasteiger partial charge on any atom is 0.283 e. The lowest BCUT2D eigenvalue weighted by molar-refractivity contribution is 0.349. The summed E-state index contributed by atoms with van der Waals surface area (Å²) in [5.74, 6) is 0.829. The maximum atomic E-state index is 12.9. The zero-order chi connectivity index (χ0) is 17.4. The molecule has 10 heteroatoms. The smallest absolute Gasteiger partial charge is 0.283 e. The van der Waals surface area contributed by atoms with Crippen molar-refractivity contribution in [2.45, 2.75) is 30.3 Å². The van der Waals surface area contributed by atoms with Crippen LogP contribution in [0.4, 0.5) is 0 Å². The zero-order valence-corrected chi connectivity index (χ0v) is 15.3. The lowest BCUT2D eigenvalue weighted by Crippen LogP contribution is -2.32. The SMILES string of the molecule is O=S(=O)(c1cccnc1)N(Cc1nnc(-c2ccc(Br)o2)o1)C1CC1. The number of furan rings is 1. The first kappa shape index (κ1) is 16.4. The molecule has 0 aliphatic heterocycles. The van der Waals surface area contributed by atoms with E-state index in [1.807, 2.05) is 0 Å². The molecule has 0 radical (unpaired) electrons. The number of sulfonamides is 1. The van der Waals surface area contributed by atoms with Crippen molar-refractivity contribution in [3.8, 4) is 11.7 Å². The number of halogens is 1. The van der Waals surface area contributed by atoms with Gasteiger partial charge in [-0.2, -0.15) is 4.31 Å². The van der Waals surface area contributed by atoms with Crippen molar-refractivity contribution in [2.75, 3.05) is 0 Å². The maximum absolute atomic E-state index is 12.9. The van der Waals surface area contributed by atoms with Crippen molar-refractivity contribution < 1.29 is 17.3 Å². The summed E-state index contributed by atoms with van der Waals surface area (Å²) < 4.78 is 38.6. The summed E-state index contributed by atoms with van der Waals surface area (Å²) in [5.41, 5.74) is 0. The third-order valence-electron chi connectivity index (χ3n) is 3.74. The Labute approximate surface area is 152 Å². The van der Waals surface area contributed by atoms with Crippen molar-refractivity contribution in [1.29, 1.82) is 0 Å².